The summed E-state index contributed by atoms with van der Waals surface area (Å²) in [6, 6.07) is 10.3. The number of hydrogen-bond acceptors (Lipinski definition) is 1. The number of allylic oxidation sites excluding steroid dienone is 3. The third-order valence-corrected chi connectivity index (χ3v) is 2.78. The van der Waals surface area contributed by atoms with Gasteiger partial charge in [-0.2, -0.15) is 0 Å². The number of nitrogens with zero attached hydrogens (tertiary/aromatic N) is 1. The van der Waals surface area contributed by atoms with E-state index in [1.165, 1.54) is 5.39 Å². The average molecular weight is 224 g/mol. The Balaban J connectivity index is 2.43. The smallest absolute Gasteiger partial charge is 0.0465 e. The zero-order valence-corrected chi connectivity index (χ0v) is 10.2. The number of hydrogen-bond donors (Lipinski definition) is 1. The van der Waals surface area contributed by atoms with E-state index < -0.39 is 0 Å². The second-order valence-corrected chi connectivity index (χ2v) is 3.88. The molecule has 0 saturated carbocycles. The van der Waals surface area contributed by atoms with Gasteiger partial charge in [-0.25, -0.2) is 0 Å². The largest absolute Gasteiger partial charge is 0.355 e. The molecule has 2 nitrogen and oxygen atoms in total. The standard InChI is InChI=1S/C15H16N2/c1-4-12(10-16-3)11(2)15-9-13-7-5-6-8-14(13)17-15/h4-10,17H,2H2,1,3H3/b12-4+,16-10-. The van der Waals surface area contributed by atoms with Gasteiger partial charge in [0.25, 0.3) is 0 Å². The van der Waals surface area contributed by atoms with E-state index in [1.807, 2.05) is 31.3 Å². The van der Waals surface area contributed by atoms with Crippen molar-refractivity contribution in [2.24, 2.45) is 4.99 Å². The first-order valence-corrected chi connectivity index (χ1v) is 5.62. The maximum atomic E-state index is 4.12. The van der Waals surface area contributed by atoms with Crippen molar-refractivity contribution in [1.82, 2.24) is 4.98 Å². The second-order valence-electron chi connectivity index (χ2n) is 3.88. The Morgan fingerprint density at radius 1 is 1.35 bits per heavy atom. The van der Waals surface area contributed by atoms with Crippen LogP contribution in [0.3, 0.4) is 0 Å². The predicted molar refractivity (Wildman–Crippen MR) is 75.5 cm³/mol. The minimum Gasteiger partial charge on any atom is -0.355 e. The zero-order valence-electron chi connectivity index (χ0n) is 10.2. The minimum absolute atomic E-state index is 0.967. The van der Waals surface area contributed by atoms with Crippen molar-refractivity contribution >= 4 is 22.7 Å². The molecule has 0 atom stereocenters. The summed E-state index contributed by atoms with van der Waals surface area (Å²) in [5, 5.41) is 1.20. The van der Waals surface area contributed by atoms with Crippen LogP contribution in [0.4, 0.5) is 0 Å². The lowest BCUT2D eigenvalue weighted by Gasteiger charge is -2.02. The van der Waals surface area contributed by atoms with Crippen LogP contribution in [-0.4, -0.2) is 18.2 Å². The normalized spacial score (nSPS) is 12.5. The SMILES string of the molecule is C=C(C(/C=N\C)=C/C)c1cc2ccccc2[nH]1. The molecule has 0 saturated heterocycles. The van der Waals surface area contributed by atoms with Crippen LogP contribution in [0, 0.1) is 0 Å². The lowest BCUT2D eigenvalue weighted by Crippen LogP contribution is -1.90. The highest BCUT2D eigenvalue weighted by Gasteiger charge is 2.06. The molecule has 1 N–H and O–H groups in total. The van der Waals surface area contributed by atoms with Crippen molar-refractivity contribution in [1.29, 1.82) is 0 Å². The van der Waals surface area contributed by atoms with Gasteiger partial charge in [-0.1, -0.05) is 30.9 Å². The Morgan fingerprint density at radius 3 is 2.76 bits per heavy atom. The topological polar surface area (TPSA) is 28.1 Å². The first-order chi connectivity index (χ1) is 8.26. The van der Waals surface area contributed by atoms with Crippen LogP contribution in [0.25, 0.3) is 16.5 Å². The highest BCUT2D eigenvalue weighted by atomic mass is 14.7. The molecule has 1 aromatic carbocycles. The van der Waals surface area contributed by atoms with E-state index in [-0.39, 0.29) is 0 Å². The van der Waals surface area contributed by atoms with Gasteiger partial charge < -0.3 is 4.98 Å². The van der Waals surface area contributed by atoms with Crippen molar-refractivity contribution in [3.63, 3.8) is 0 Å². The number of H-pyrrole nitrogens is 1. The molecule has 0 amide bonds. The molecule has 0 aliphatic carbocycles. The third kappa shape index (κ3) is 2.21. The van der Waals surface area contributed by atoms with Crippen molar-refractivity contribution < 1.29 is 0 Å². The van der Waals surface area contributed by atoms with Crippen molar-refractivity contribution in [2.75, 3.05) is 7.05 Å². The molecule has 17 heavy (non-hydrogen) atoms. The van der Waals surface area contributed by atoms with Gasteiger partial charge in [0.1, 0.15) is 0 Å². The van der Waals surface area contributed by atoms with Crippen LogP contribution in [0.2, 0.25) is 0 Å². The number of benzene rings is 1. The number of aromatic nitrogens is 1. The highest BCUT2D eigenvalue weighted by Crippen LogP contribution is 2.23. The molecule has 0 aliphatic rings. The molecule has 0 aliphatic heterocycles. The summed E-state index contributed by atoms with van der Waals surface area (Å²) >= 11 is 0. The van der Waals surface area contributed by atoms with Gasteiger partial charge in [0.2, 0.25) is 0 Å². The van der Waals surface area contributed by atoms with Gasteiger partial charge >= 0.3 is 0 Å². The van der Waals surface area contributed by atoms with E-state index in [4.69, 9.17) is 0 Å². The quantitative estimate of drug-likeness (QED) is 0.606. The number of fused-ring (bicyclic) bond motifs is 1. The van der Waals surface area contributed by atoms with Gasteiger partial charge in [-0.15, -0.1) is 0 Å². The summed E-state index contributed by atoms with van der Waals surface area (Å²) in [7, 11) is 1.77. The van der Waals surface area contributed by atoms with Gasteiger partial charge in [-0.05, 0) is 30.2 Å². The van der Waals surface area contributed by atoms with Crippen LogP contribution in [0.1, 0.15) is 12.6 Å². The van der Waals surface area contributed by atoms with E-state index in [0.717, 1.165) is 22.4 Å². The third-order valence-electron chi connectivity index (χ3n) is 2.78. The number of rotatable bonds is 3. The van der Waals surface area contributed by atoms with E-state index in [2.05, 4.69) is 34.8 Å². The Bertz CT molecular complexity index is 567. The van der Waals surface area contributed by atoms with Crippen LogP contribution < -0.4 is 0 Å². The monoisotopic (exact) mass is 224 g/mol. The number of aromatic amines is 1. The predicted octanol–water partition coefficient (Wildman–Crippen LogP) is 3.83. The van der Waals surface area contributed by atoms with Crippen LogP contribution in [0.15, 0.2) is 53.6 Å². The minimum atomic E-state index is 0.967. The lowest BCUT2D eigenvalue weighted by atomic mass is 10.1. The molecule has 1 aromatic heterocycles. The Kier molecular flexibility index (Phi) is 3.24. The fraction of sp³-hybridized carbons (Fsp3) is 0.133. The fourth-order valence-electron chi connectivity index (χ4n) is 1.86. The van der Waals surface area contributed by atoms with E-state index in [0.29, 0.717) is 0 Å². The molecule has 0 radical (unpaired) electrons. The van der Waals surface area contributed by atoms with Gasteiger partial charge in [0, 0.05) is 29.9 Å². The maximum absolute atomic E-state index is 4.12. The fourth-order valence-corrected chi connectivity index (χ4v) is 1.86. The van der Waals surface area contributed by atoms with Gasteiger partial charge in [0.15, 0.2) is 0 Å². The summed E-state index contributed by atoms with van der Waals surface area (Å²) in [4.78, 5) is 7.41. The Morgan fingerprint density at radius 2 is 2.12 bits per heavy atom. The summed E-state index contributed by atoms with van der Waals surface area (Å²) in [5.41, 5.74) is 4.18. The average Bonchev–Trinajstić information content (AvgIpc) is 2.78. The molecular weight excluding hydrogens is 208 g/mol. The number of aliphatic imine (C=N–C) groups is 1. The molecule has 0 bridgehead atoms. The molecule has 86 valence electrons. The molecule has 1 heterocycles. The molecule has 2 rings (SSSR count). The molecule has 2 heteroatoms. The van der Waals surface area contributed by atoms with E-state index in [9.17, 15) is 0 Å². The Labute approximate surface area is 101 Å². The maximum Gasteiger partial charge on any atom is 0.0465 e. The molecule has 2 aromatic rings. The van der Waals surface area contributed by atoms with Gasteiger partial charge in [0.05, 0.1) is 0 Å². The number of para-hydroxylation sites is 1. The van der Waals surface area contributed by atoms with Crippen LogP contribution >= 0.6 is 0 Å². The Hall–Kier alpha value is -2.09. The van der Waals surface area contributed by atoms with Crippen LogP contribution in [0.5, 0.6) is 0 Å². The van der Waals surface area contributed by atoms with Gasteiger partial charge in [-0.3, -0.25) is 4.99 Å². The van der Waals surface area contributed by atoms with Crippen LogP contribution in [-0.2, 0) is 0 Å². The molecule has 0 fully saturated rings. The molecule has 0 spiro atoms. The summed E-state index contributed by atoms with van der Waals surface area (Å²) in [6.07, 6.45) is 3.84. The summed E-state index contributed by atoms with van der Waals surface area (Å²) in [5.74, 6) is 0. The lowest BCUT2D eigenvalue weighted by molar-refractivity contribution is 1.39. The first kappa shape index (κ1) is 11.4. The second kappa shape index (κ2) is 4.83. The van der Waals surface area contributed by atoms with Crippen molar-refractivity contribution in [3.8, 4) is 0 Å². The number of nitrogens with one attached hydrogen (secondary N) is 1. The molecular formula is C15H16N2. The first-order valence-electron chi connectivity index (χ1n) is 5.62. The van der Waals surface area contributed by atoms with Crippen molar-refractivity contribution in [2.45, 2.75) is 6.92 Å². The van der Waals surface area contributed by atoms with E-state index in [1.54, 1.807) is 7.05 Å². The summed E-state index contributed by atoms with van der Waals surface area (Å²) < 4.78 is 0. The van der Waals surface area contributed by atoms with Crippen molar-refractivity contribution in [3.05, 3.63) is 54.3 Å². The van der Waals surface area contributed by atoms with E-state index >= 15 is 0 Å². The zero-order chi connectivity index (χ0) is 12.3. The highest BCUT2D eigenvalue weighted by molar-refractivity contribution is 6.01. The summed E-state index contributed by atoms with van der Waals surface area (Å²) in [6.45, 7) is 6.11. The molecule has 0 unspecified atom stereocenters.